The third-order valence-corrected chi connectivity index (χ3v) is 5.85. The van der Waals surface area contributed by atoms with Crippen LogP contribution in [0, 0.1) is 0 Å². The number of rotatable bonds is 9. The van der Waals surface area contributed by atoms with Crippen LogP contribution in [0.2, 0.25) is 0 Å². The maximum atomic E-state index is 4.79. The summed E-state index contributed by atoms with van der Waals surface area (Å²) in [5.74, 6) is 0.875. The standard InChI is InChI=1S/C22H35N5/c1-4-17(3)27-14-11-19(12-15-27)23-13-7-9-20-8-6-10-21(25-20)22-24-16-18(5-2)26-22/h6,8,10,16-17,19,23H,4-5,7,9,11-15H2,1-3H3,(H,24,26)/t17-/m1/s1. The van der Waals surface area contributed by atoms with Gasteiger partial charge in [0.2, 0.25) is 0 Å². The van der Waals surface area contributed by atoms with Crippen LogP contribution < -0.4 is 5.32 Å². The lowest BCUT2D eigenvalue weighted by Gasteiger charge is -2.36. The second-order valence-corrected chi connectivity index (χ2v) is 7.75. The van der Waals surface area contributed by atoms with Gasteiger partial charge in [0, 0.05) is 29.7 Å². The fourth-order valence-electron chi connectivity index (χ4n) is 3.80. The van der Waals surface area contributed by atoms with Crippen molar-refractivity contribution >= 4 is 0 Å². The van der Waals surface area contributed by atoms with E-state index in [4.69, 9.17) is 4.98 Å². The van der Waals surface area contributed by atoms with Crippen LogP contribution in [-0.4, -0.2) is 51.6 Å². The molecule has 0 amide bonds. The Morgan fingerprint density at radius 2 is 2.07 bits per heavy atom. The highest BCUT2D eigenvalue weighted by atomic mass is 15.2. The SMILES string of the molecule is CCc1cnc(-c2cccc(CCCNC3CCN([C@H](C)CC)CC3)n2)[nH]1. The third-order valence-electron chi connectivity index (χ3n) is 5.85. The number of aromatic nitrogens is 3. The summed E-state index contributed by atoms with van der Waals surface area (Å²) in [6, 6.07) is 7.65. The van der Waals surface area contributed by atoms with E-state index in [-0.39, 0.29) is 0 Å². The Balaban J connectivity index is 1.40. The molecule has 1 aliphatic heterocycles. The molecule has 5 heteroatoms. The first-order valence-corrected chi connectivity index (χ1v) is 10.7. The van der Waals surface area contributed by atoms with Crippen molar-refractivity contribution in [3.8, 4) is 11.5 Å². The molecular formula is C22H35N5. The first-order valence-electron chi connectivity index (χ1n) is 10.7. The Morgan fingerprint density at radius 3 is 2.78 bits per heavy atom. The lowest BCUT2D eigenvalue weighted by atomic mass is 10.0. The number of nitrogens with zero attached hydrogens (tertiary/aromatic N) is 3. The summed E-state index contributed by atoms with van der Waals surface area (Å²) in [5.41, 5.74) is 3.24. The number of aromatic amines is 1. The number of H-pyrrole nitrogens is 1. The number of imidazole rings is 1. The molecule has 1 aliphatic rings. The van der Waals surface area contributed by atoms with E-state index in [9.17, 15) is 0 Å². The van der Waals surface area contributed by atoms with E-state index in [0.29, 0.717) is 6.04 Å². The van der Waals surface area contributed by atoms with Gasteiger partial charge in [-0.1, -0.05) is 19.9 Å². The van der Waals surface area contributed by atoms with Gasteiger partial charge in [0.1, 0.15) is 5.69 Å². The Labute approximate surface area is 164 Å². The summed E-state index contributed by atoms with van der Waals surface area (Å²) in [7, 11) is 0. The van der Waals surface area contributed by atoms with Gasteiger partial charge in [-0.15, -0.1) is 0 Å². The van der Waals surface area contributed by atoms with Crippen LogP contribution >= 0.6 is 0 Å². The van der Waals surface area contributed by atoms with Gasteiger partial charge in [0.15, 0.2) is 5.82 Å². The highest BCUT2D eigenvalue weighted by molar-refractivity contribution is 5.49. The number of hydrogen-bond acceptors (Lipinski definition) is 4. The first-order chi connectivity index (χ1) is 13.2. The van der Waals surface area contributed by atoms with Crippen molar-refractivity contribution in [1.82, 2.24) is 25.2 Å². The minimum atomic E-state index is 0.681. The van der Waals surface area contributed by atoms with Crippen LogP contribution in [0.15, 0.2) is 24.4 Å². The minimum absolute atomic E-state index is 0.681. The quantitative estimate of drug-likeness (QED) is 0.660. The van der Waals surface area contributed by atoms with Crippen molar-refractivity contribution < 1.29 is 0 Å². The smallest absolute Gasteiger partial charge is 0.156 e. The Bertz CT molecular complexity index is 688. The van der Waals surface area contributed by atoms with Gasteiger partial charge in [0.25, 0.3) is 0 Å². The predicted molar refractivity (Wildman–Crippen MR) is 112 cm³/mol. The summed E-state index contributed by atoms with van der Waals surface area (Å²) < 4.78 is 0. The van der Waals surface area contributed by atoms with Crippen LogP contribution in [0.5, 0.6) is 0 Å². The average molecular weight is 370 g/mol. The summed E-state index contributed by atoms with van der Waals surface area (Å²) in [5, 5.41) is 3.75. The molecule has 148 valence electrons. The van der Waals surface area contributed by atoms with Crippen molar-refractivity contribution in [2.75, 3.05) is 19.6 Å². The predicted octanol–water partition coefficient (Wildman–Crippen LogP) is 3.82. The van der Waals surface area contributed by atoms with Gasteiger partial charge in [-0.2, -0.15) is 0 Å². The molecule has 2 aromatic heterocycles. The lowest BCUT2D eigenvalue weighted by molar-refractivity contribution is 0.149. The molecule has 2 N–H and O–H groups in total. The van der Waals surface area contributed by atoms with Gasteiger partial charge in [-0.3, -0.25) is 0 Å². The molecule has 5 nitrogen and oxygen atoms in total. The van der Waals surface area contributed by atoms with Crippen molar-refractivity contribution in [3.05, 3.63) is 35.8 Å². The molecule has 1 fully saturated rings. The molecule has 3 rings (SSSR count). The van der Waals surface area contributed by atoms with Crippen molar-refractivity contribution in [2.24, 2.45) is 0 Å². The summed E-state index contributed by atoms with van der Waals surface area (Å²) >= 11 is 0. The van der Waals surface area contributed by atoms with Crippen molar-refractivity contribution in [1.29, 1.82) is 0 Å². The lowest BCUT2D eigenvalue weighted by Crippen LogP contribution is -2.45. The number of nitrogens with one attached hydrogen (secondary N) is 2. The zero-order valence-electron chi connectivity index (χ0n) is 17.2. The zero-order valence-corrected chi connectivity index (χ0v) is 17.2. The zero-order chi connectivity index (χ0) is 19.1. The molecule has 1 atom stereocenters. The summed E-state index contributed by atoms with van der Waals surface area (Å²) in [6.45, 7) is 10.3. The normalized spacial score (nSPS) is 17.3. The molecule has 27 heavy (non-hydrogen) atoms. The molecule has 0 unspecified atom stereocenters. The van der Waals surface area contributed by atoms with Crippen molar-refractivity contribution in [2.45, 2.75) is 71.4 Å². The summed E-state index contributed by atoms with van der Waals surface area (Å²) in [4.78, 5) is 15.2. The molecule has 0 bridgehead atoms. The van der Waals surface area contributed by atoms with Crippen molar-refractivity contribution in [3.63, 3.8) is 0 Å². The number of piperidine rings is 1. The highest BCUT2D eigenvalue weighted by Crippen LogP contribution is 2.16. The fourth-order valence-corrected chi connectivity index (χ4v) is 3.80. The molecule has 2 aromatic rings. The van der Waals surface area contributed by atoms with E-state index in [1.807, 2.05) is 12.3 Å². The Morgan fingerprint density at radius 1 is 1.26 bits per heavy atom. The van der Waals surface area contributed by atoms with Crippen LogP contribution in [0.3, 0.4) is 0 Å². The molecular weight excluding hydrogens is 334 g/mol. The Hall–Kier alpha value is -1.72. The number of aryl methyl sites for hydroxylation is 2. The second kappa shape index (κ2) is 10.00. The van der Waals surface area contributed by atoms with Crippen LogP contribution in [-0.2, 0) is 12.8 Å². The molecule has 0 aromatic carbocycles. The van der Waals surface area contributed by atoms with E-state index in [0.717, 1.165) is 54.8 Å². The molecule has 0 radical (unpaired) electrons. The maximum Gasteiger partial charge on any atom is 0.156 e. The largest absolute Gasteiger partial charge is 0.341 e. The van der Waals surface area contributed by atoms with Gasteiger partial charge >= 0.3 is 0 Å². The molecule has 1 saturated heterocycles. The molecule has 0 spiro atoms. The number of hydrogen-bond donors (Lipinski definition) is 2. The van der Waals surface area contributed by atoms with Crippen LogP contribution in [0.4, 0.5) is 0 Å². The first kappa shape index (κ1) is 20.0. The van der Waals surface area contributed by atoms with Gasteiger partial charge in [0.05, 0.1) is 0 Å². The van der Waals surface area contributed by atoms with E-state index >= 15 is 0 Å². The van der Waals surface area contributed by atoms with Crippen LogP contribution in [0.25, 0.3) is 11.5 Å². The van der Waals surface area contributed by atoms with E-state index in [1.165, 1.54) is 32.4 Å². The van der Waals surface area contributed by atoms with E-state index in [2.05, 4.69) is 53.1 Å². The van der Waals surface area contributed by atoms with E-state index < -0.39 is 0 Å². The fraction of sp³-hybridized carbons (Fsp3) is 0.636. The Kier molecular flexibility index (Phi) is 7.41. The van der Waals surface area contributed by atoms with E-state index in [1.54, 1.807) is 0 Å². The maximum absolute atomic E-state index is 4.79. The third kappa shape index (κ3) is 5.63. The minimum Gasteiger partial charge on any atom is -0.341 e. The topological polar surface area (TPSA) is 56.8 Å². The second-order valence-electron chi connectivity index (χ2n) is 7.75. The molecule has 0 saturated carbocycles. The van der Waals surface area contributed by atoms with Gasteiger partial charge in [-0.05, 0) is 77.2 Å². The monoisotopic (exact) mass is 369 g/mol. The van der Waals surface area contributed by atoms with Crippen LogP contribution in [0.1, 0.15) is 57.8 Å². The summed E-state index contributed by atoms with van der Waals surface area (Å²) in [6.07, 6.45) is 8.80. The van der Waals surface area contributed by atoms with Gasteiger partial charge in [-0.25, -0.2) is 9.97 Å². The molecule has 3 heterocycles. The van der Waals surface area contributed by atoms with Gasteiger partial charge < -0.3 is 15.2 Å². The average Bonchev–Trinajstić information content (AvgIpc) is 3.21. The number of likely N-dealkylation sites (tertiary alicyclic amines) is 1. The number of pyridine rings is 1. The molecule has 0 aliphatic carbocycles. The highest BCUT2D eigenvalue weighted by Gasteiger charge is 2.21.